The molecular formula is C22H19ClF4N2O4. The van der Waals surface area contributed by atoms with Gasteiger partial charge in [0.15, 0.2) is 0 Å². The van der Waals surface area contributed by atoms with Crippen LogP contribution < -0.4 is 10.6 Å². The second-order valence-corrected chi connectivity index (χ2v) is 8.03. The Labute approximate surface area is 191 Å². The first-order valence-electron chi connectivity index (χ1n) is 9.76. The van der Waals surface area contributed by atoms with Gasteiger partial charge in [0.1, 0.15) is 11.4 Å². The highest BCUT2D eigenvalue weighted by Crippen LogP contribution is 2.38. The van der Waals surface area contributed by atoms with Crippen LogP contribution in [0.3, 0.4) is 0 Å². The molecule has 1 aliphatic rings. The third-order valence-corrected chi connectivity index (χ3v) is 5.64. The maximum atomic E-state index is 14.9. The van der Waals surface area contributed by atoms with Gasteiger partial charge in [0, 0.05) is 5.56 Å². The van der Waals surface area contributed by atoms with Crippen LogP contribution in [0.15, 0.2) is 36.4 Å². The average molecular weight is 487 g/mol. The van der Waals surface area contributed by atoms with E-state index in [-0.39, 0.29) is 29.0 Å². The molecule has 1 unspecified atom stereocenters. The third-order valence-electron chi connectivity index (χ3n) is 5.32. The van der Waals surface area contributed by atoms with E-state index in [1.54, 1.807) is 17.4 Å². The average Bonchev–Trinajstić information content (AvgIpc) is 3.52. The van der Waals surface area contributed by atoms with E-state index < -0.39 is 41.4 Å². The number of benzene rings is 2. The molecule has 2 N–H and O–H groups in total. The summed E-state index contributed by atoms with van der Waals surface area (Å²) >= 11 is 6.10. The largest absolute Gasteiger partial charge is 0.471 e. The topological polar surface area (TPSA) is 84.5 Å². The molecule has 176 valence electrons. The predicted molar refractivity (Wildman–Crippen MR) is 111 cm³/mol. The summed E-state index contributed by atoms with van der Waals surface area (Å²) in [6.07, 6.45) is -5.04. The van der Waals surface area contributed by atoms with Gasteiger partial charge in [-0.2, -0.15) is 13.2 Å². The van der Waals surface area contributed by atoms with Crippen molar-refractivity contribution in [3.05, 3.63) is 58.4 Å². The molecule has 1 aliphatic carbocycles. The Balaban J connectivity index is 1.80. The van der Waals surface area contributed by atoms with Gasteiger partial charge in [0.25, 0.3) is 0 Å². The second kappa shape index (κ2) is 9.01. The fourth-order valence-corrected chi connectivity index (χ4v) is 3.61. The molecule has 2 aromatic carbocycles. The number of esters is 1. The molecule has 0 bridgehead atoms. The van der Waals surface area contributed by atoms with Crippen molar-refractivity contribution in [2.45, 2.75) is 37.5 Å². The van der Waals surface area contributed by atoms with Gasteiger partial charge in [0.05, 0.1) is 23.7 Å². The van der Waals surface area contributed by atoms with Crippen molar-refractivity contribution >= 4 is 29.4 Å². The number of amides is 2. The van der Waals surface area contributed by atoms with Crippen molar-refractivity contribution in [1.29, 1.82) is 0 Å². The predicted octanol–water partition coefficient (Wildman–Crippen LogP) is 4.32. The number of rotatable bonds is 6. The molecule has 0 heterocycles. The molecule has 11 heteroatoms. The molecule has 0 spiro atoms. The zero-order valence-corrected chi connectivity index (χ0v) is 18.2. The molecule has 3 rings (SSSR count). The van der Waals surface area contributed by atoms with Crippen molar-refractivity contribution in [2.24, 2.45) is 0 Å². The fraction of sp³-hybridized carbons (Fsp3) is 0.318. The van der Waals surface area contributed by atoms with Crippen molar-refractivity contribution in [3.8, 4) is 11.1 Å². The van der Waals surface area contributed by atoms with E-state index in [1.165, 1.54) is 32.2 Å². The zero-order chi connectivity index (χ0) is 24.6. The monoisotopic (exact) mass is 486 g/mol. The first-order valence-corrected chi connectivity index (χ1v) is 10.1. The number of ether oxygens (including phenoxy) is 1. The zero-order valence-electron chi connectivity index (χ0n) is 17.5. The van der Waals surface area contributed by atoms with Crippen LogP contribution >= 0.6 is 11.6 Å². The lowest BCUT2D eigenvalue weighted by atomic mass is 9.96. The summed E-state index contributed by atoms with van der Waals surface area (Å²) in [5, 5.41) is 4.28. The minimum absolute atomic E-state index is 0.0415. The lowest BCUT2D eigenvalue weighted by Crippen LogP contribution is -2.53. The Bertz CT molecular complexity index is 1120. The van der Waals surface area contributed by atoms with Gasteiger partial charge in [-0.1, -0.05) is 35.9 Å². The summed E-state index contributed by atoms with van der Waals surface area (Å²) in [5.74, 6) is -4.46. The smallest absolute Gasteiger partial charge is 0.465 e. The number of methoxy groups -OCH3 is 1. The highest BCUT2D eigenvalue weighted by atomic mass is 35.5. The van der Waals surface area contributed by atoms with Gasteiger partial charge < -0.3 is 15.4 Å². The Kier molecular flexibility index (Phi) is 6.69. The maximum absolute atomic E-state index is 14.9. The number of nitrogens with one attached hydrogen (secondary N) is 2. The molecule has 1 saturated carbocycles. The van der Waals surface area contributed by atoms with Gasteiger partial charge in [-0.15, -0.1) is 0 Å². The van der Waals surface area contributed by atoms with Gasteiger partial charge >= 0.3 is 18.1 Å². The van der Waals surface area contributed by atoms with E-state index in [9.17, 15) is 31.9 Å². The maximum Gasteiger partial charge on any atom is 0.471 e. The SMILES string of the molecule is COC(=O)c1c(Cl)cccc1-c1ccc(C(C)NC(=O)C2(NC(=O)C(F)(F)F)CC2)c(F)c1. The molecule has 6 nitrogen and oxygen atoms in total. The van der Waals surface area contributed by atoms with E-state index in [2.05, 4.69) is 5.32 Å². The minimum Gasteiger partial charge on any atom is -0.465 e. The number of alkyl halides is 3. The number of hydrogen-bond acceptors (Lipinski definition) is 4. The van der Waals surface area contributed by atoms with E-state index >= 15 is 0 Å². The summed E-state index contributed by atoms with van der Waals surface area (Å²) in [5.41, 5.74) is -0.872. The highest BCUT2D eigenvalue weighted by molar-refractivity contribution is 6.34. The fourth-order valence-electron chi connectivity index (χ4n) is 3.35. The standard InChI is InChI=1S/C22H19ClF4N2O4/c1-11(28-19(31)21(8-9-21)29-20(32)22(25,26)27)13-7-6-12(10-16(13)24)14-4-3-5-15(23)17(14)18(30)33-2/h3-7,10-11H,8-9H2,1-2H3,(H,28,31)(H,29,32). The number of halogens is 5. The summed E-state index contributed by atoms with van der Waals surface area (Å²) in [6.45, 7) is 1.46. The third kappa shape index (κ3) is 5.11. The minimum atomic E-state index is -5.12. The molecule has 0 saturated heterocycles. The van der Waals surface area contributed by atoms with Crippen molar-refractivity contribution in [2.75, 3.05) is 7.11 Å². The van der Waals surface area contributed by atoms with E-state index in [1.807, 2.05) is 0 Å². The van der Waals surface area contributed by atoms with Gasteiger partial charge in [-0.25, -0.2) is 9.18 Å². The van der Waals surface area contributed by atoms with E-state index in [0.29, 0.717) is 11.1 Å². The van der Waals surface area contributed by atoms with Gasteiger partial charge in [-0.3, -0.25) is 9.59 Å². The van der Waals surface area contributed by atoms with Crippen LogP contribution in [0.1, 0.15) is 41.7 Å². The molecular weight excluding hydrogens is 468 g/mol. The van der Waals surface area contributed by atoms with Crippen molar-refractivity contribution in [1.82, 2.24) is 10.6 Å². The Hall–Kier alpha value is -3.14. The number of hydrogen-bond donors (Lipinski definition) is 2. The quantitative estimate of drug-likeness (QED) is 0.470. The van der Waals surface area contributed by atoms with E-state index in [0.717, 1.165) is 6.07 Å². The normalized spacial score (nSPS) is 15.4. The van der Waals surface area contributed by atoms with E-state index in [4.69, 9.17) is 16.3 Å². The molecule has 2 amide bonds. The first-order chi connectivity index (χ1) is 15.4. The molecule has 1 atom stereocenters. The lowest BCUT2D eigenvalue weighted by molar-refractivity contribution is -0.175. The summed E-state index contributed by atoms with van der Waals surface area (Å²) in [6, 6.07) is 7.77. The second-order valence-electron chi connectivity index (χ2n) is 7.62. The molecule has 1 fully saturated rings. The molecule has 33 heavy (non-hydrogen) atoms. The first kappa shape index (κ1) is 24.5. The number of carbonyl (C=O) groups excluding carboxylic acids is 3. The van der Waals surface area contributed by atoms with Gasteiger partial charge in [0.2, 0.25) is 5.91 Å². The van der Waals surface area contributed by atoms with Crippen molar-refractivity contribution < 1.29 is 36.7 Å². The molecule has 0 radical (unpaired) electrons. The lowest BCUT2D eigenvalue weighted by Gasteiger charge is -2.22. The van der Waals surface area contributed by atoms with Crippen LogP contribution in [0.4, 0.5) is 17.6 Å². The van der Waals surface area contributed by atoms with Crippen LogP contribution in [0.2, 0.25) is 5.02 Å². The van der Waals surface area contributed by atoms with Crippen LogP contribution in [0.5, 0.6) is 0 Å². The Morgan fingerprint density at radius 1 is 1.15 bits per heavy atom. The van der Waals surface area contributed by atoms with Gasteiger partial charge in [-0.05, 0) is 43.0 Å². The van der Waals surface area contributed by atoms with Crippen LogP contribution in [0.25, 0.3) is 11.1 Å². The van der Waals surface area contributed by atoms with Crippen LogP contribution in [-0.2, 0) is 14.3 Å². The number of carbonyl (C=O) groups is 3. The Morgan fingerprint density at radius 2 is 1.82 bits per heavy atom. The van der Waals surface area contributed by atoms with Crippen molar-refractivity contribution in [3.63, 3.8) is 0 Å². The summed E-state index contributed by atoms with van der Waals surface area (Å²) < 4.78 is 57.2. The molecule has 2 aromatic rings. The Morgan fingerprint density at radius 3 is 2.36 bits per heavy atom. The molecule has 0 aromatic heterocycles. The molecule has 0 aliphatic heterocycles. The summed E-state index contributed by atoms with van der Waals surface area (Å²) in [4.78, 5) is 35.8. The van der Waals surface area contributed by atoms with Crippen LogP contribution in [-0.4, -0.2) is 36.6 Å². The van der Waals surface area contributed by atoms with Crippen LogP contribution in [0, 0.1) is 5.82 Å². The highest BCUT2D eigenvalue weighted by Gasteiger charge is 2.55. The summed E-state index contributed by atoms with van der Waals surface area (Å²) in [7, 11) is 1.19.